The molecule has 41 atom stereocenters. The van der Waals surface area contributed by atoms with Crippen molar-refractivity contribution in [3.05, 3.63) is 0 Å². The van der Waals surface area contributed by atoms with E-state index >= 15 is 0 Å². The van der Waals surface area contributed by atoms with Gasteiger partial charge < -0.3 is 210 Å². The topological polar surface area (TPSA) is 726 Å². The van der Waals surface area contributed by atoms with Crippen molar-refractivity contribution in [2.24, 2.45) is 0 Å². The molecule has 604 valence electrons. The Kier molecular flexibility index (Phi) is 30.5. The van der Waals surface area contributed by atoms with Crippen molar-refractivity contribution in [1.29, 1.82) is 0 Å². The second-order valence-corrected chi connectivity index (χ2v) is 26.5. The Morgan fingerprint density at radius 2 is 0.808 bits per heavy atom. The van der Waals surface area contributed by atoms with Gasteiger partial charge in [-0.25, -0.2) is 4.79 Å². The number of aliphatic carboxylic acids is 1. The van der Waals surface area contributed by atoms with Crippen molar-refractivity contribution >= 4 is 17.8 Å². The first kappa shape index (κ1) is 86.4. The van der Waals surface area contributed by atoms with Gasteiger partial charge >= 0.3 is 5.97 Å². The number of rotatable bonds is 28. The Labute approximate surface area is 589 Å². The maximum absolute atomic E-state index is 13.2. The molecule has 0 aliphatic carbocycles. The predicted octanol–water partition coefficient (Wildman–Crippen LogP) is -17.3. The molecule has 0 bridgehead atoms. The van der Waals surface area contributed by atoms with Gasteiger partial charge in [0.05, 0.1) is 70.5 Å². The summed E-state index contributed by atoms with van der Waals surface area (Å²) in [5, 5.41) is 281. The van der Waals surface area contributed by atoms with E-state index in [9.17, 15) is 142 Å². The van der Waals surface area contributed by atoms with Crippen molar-refractivity contribution in [3.8, 4) is 0 Å². The largest absolute Gasteiger partial charge is 0.477 e. The molecule has 2 amide bonds. The fraction of sp³-hybridized carbons (Fsp3) is 0.947. The predicted molar refractivity (Wildman–Crippen MR) is 318 cm³/mol. The Morgan fingerprint density at radius 3 is 1.23 bits per heavy atom. The SMILES string of the molecule is CC(=O)N[C@H]([C@@H]1O[C@](OC[C@H]2O[C@@H](OC[C@H]3O[C@@H](O[C@H]4[C@@H](O)[C@@H](CO)O[C@@H](O[C@@H]5[C@@H](O)[C@H](O)O[C@H](CO[C@@H]6O[C@H](CO)[C@@H](O)[C@H](O)[C@H]6O)[C@@H]5O)[C@@H]4N(C)O)[C@H](O)[C@@H](O[C@@H]4O[C@H](CO)[C@H](O)[C@H](O[C@@H]5O[C@H](CO)[C@H](O)[C@H](O)[C@H]5O)[C@H]4N(C)O)[C@H]3O)[C@H](O)[C@@H](O)[C@@H]2O)(C(=O)O)C[C@H](O)[C@@H]1NC(C)=O)[C@H](C)O. The quantitative estimate of drug-likeness (QED) is 0.0324. The van der Waals surface area contributed by atoms with Gasteiger partial charge in [-0.15, -0.1) is 0 Å². The first-order valence-corrected chi connectivity index (χ1v) is 32.9. The van der Waals surface area contributed by atoms with Gasteiger partial charge in [0, 0.05) is 34.4 Å². The highest BCUT2D eigenvalue weighted by Gasteiger charge is 2.61. The second kappa shape index (κ2) is 36.7. The number of aliphatic hydroxyl groups excluding tert-OH is 22. The van der Waals surface area contributed by atoms with Gasteiger partial charge in [-0.05, 0) is 6.92 Å². The van der Waals surface area contributed by atoms with Crippen molar-refractivity contribution in [2.75, 3.05) is 60.3 Å². The molecule has 8 heterocycles. The molecule has 104 heavy (non-hydrogen) atoms. The lowest BCUT2D eigenvalue weighted by Gasteiger charge is -2.52. The van der Waals surface area contributed by atoms with Crippen LogP contribution in [0.4, 0.5) is 0 Å². The number of nitrogens with zero attached hydrogens (tertiary/aromatic N) is 2. The summed E-state index contributed by atoms with van der Waals surface area (Å²) in [6.07, 6.45) is -75.3. The monoisotopic (exact) mass is 1530 g/mol. The number of carbonyl (C=O) groups excluding carboxylic acids is 2. The van der Waals surface area contributed by atoms with Gasteiger partial charge in [0.2, 0.25) is 11.8 Å². The highest BCUT2D eigenvalue weighted by Crippen LogP contribution is 2.40. The normalized spacial score (nSPS) is 48.1. The highest BCUT2D eigenvalue weighted by molar-refractivity contribution is 5.77. The molecule has 0 spiro atoms. The van der Waals surface area contributed by atoms with Crippen LogP contribution in [-0.4, -0.2) is 467 Å². The number of aliphatic hydroxyl groups is 22. The van der Waals surface area contributed by atoms with Gasteiger partial charge in [0.25, 0.3) is 5.79 Å². The molecule has 8 aliphatic heterocycles. The Bertz CT molecular complexity index is 2690. The van der Waals surface area contributed by atoms with E-state index < -0.39 is 321 Å². The zero-order valence-corrected chi connectivity index (χ0v) is 56.2. The summed E-state index contributed by atoms with van der Waals surface area (Å²) in [6, 6.07) is -7.10. The van der Waals surface area contributed by atoms with Crippen LogP contribution in [0.3, 0.4) is 0 Å². The Morgan fingerprint density at radius 1 is 0.452 bits per heavy atom. The number of likely N-dealkylation sites (N-methyl/N-ethyl adjacent to an activating group) is 2. The summed E-state index contributed by atoms with van der Waals surface area (Å²) >= 11 is 0. The molecule has 8 aliphatic rings. The zero-order valence-electron chi connectivity index (χ0n) is 56.2. The third-order valence-corrected chi connectivity index (χ3v) is 19.2. The number of nitrogens with one attached hydrogen (secondary N) is 2. The van der Waals surface area contributed by atoms with E-state index in [1.165, 1.54) is 6.92 Å². The Balaban J connectivity index is 1.09. The molecule has 0 aromatic heterocycles. The lowest BCUT2D eigenvalue weighted by Crippen LogP contribution is -2.70. The number of carboxylic acid groups (broad SMARTS) is 1. The van der Waals surface area contributed by atoms with Gasteiger partial charge in [-0.2, -0.15) is 10.1 Å². The van der Waals surface area contributed by atoms with Gasteiger partial charge in [-0.3, -0.25) is 9.59 Å². The van der Waals surface area contributed by atoms with Gasteiger partial charge in [0.15, 0.2) is 44.0 Å². The van der Waals surface area contributed by atoms with Crippen molar-refractivity contribution in [1.82, 2.24) is 20.8 Å². The molecule has 0 saturated carbocycles. The number of carboxylic acids is 1. The smallest absolute Gasteiger partial charge is 0.364 e. The van der Waals surface area contributed by atoms with Gasteiger partial charge in [-0.1, -0.05) is 0 Å². The molecule has 0 aromatic carbocycles. The van der Waals surface area contributed by atoms with Crippen LogP contribution in [0.5, 0.6) is 0 Å². The summed E-state index contributed by atoms with van der Waals surface area (Å²) in [6.45, 7) is -4.13. The fourth-order valence-corrected chi connectivity index (χ4v) is 13.4. The van der Waals surface area contributed by atoms with Crippen molar-refractivity contribution in [2.45, 2.75) is 278 Å². The number of hydrogen-bond donors (Lipinski definition) is 27. The molecule has 8 saturated heterocycles. The average Bonchev–Trinajstić information content (AvgIpc) is 0.767. The van der Waals surface area contributed by atoms with Gasteiger partial charge in [0.1, 0.15) is 177 Å². The molecule has 8 rings (SSSR count). The average molecular weight is 1530 g/mol. The number of hydroxylamine groups is 4. The zero-order chi connectivity index (χ0) is 77.2. The lowest BCUT2D eigenvalue weighted by atomic mass is 9.87. The molecule has 47 nitrogen and oxygen atoms in total. The summed E-state index contributed by atoms with van der Waals surface area (Å²) in [7, 11) is 1.81. The molecular weight excluding hydrogens is 1430 g/mol. The molecule has 47 heteroatoms. The van der Waals surface area contributed by atoms with Crippen LogP contribution in [0.15, 0.2) is 0 Å². The lowest BCUT2D eigenvalue weighted by molar-refractivity contribution is -0.402. The van der Waals surface area contributed by atoms with Crippen LogP contribution < -0.4 is 10.6 Å². The highest BCUT2D eigenvalue weighted by atomic mass is 16.8. The van der Waals surface area contributed by atoms with Crippen molar-refractivity contribution in [3.63, 3.8) is 0 Å². The summed E-state index contributed by atoms with van der Waals surface area (Å²) in [5.41, 5.74) is 0. The minimum Gasteiger partial charge on any atom is -0.477 e. The van der Waals surface area contributed by atoms with E-state index in [4.69, 9.17) is 71.1 Å². The van der Waals surface area contributed by atoms with E-state index in [2.05, 4.69) is 10.6 Å². The van der Waals surface area contributed by atoms with Crippen LogP contribution in [0, 0.1) is 0 Å². The molecule has 8 fully saturated rings. The van der Waals surface area contributed by atoms with Crippen LogP contribution in [0.1, 0.15) is 27.2 Å². The van der Waals surface area contributed by atoms with E-state index in [1.807, 2.05) is 0 Å². The minimum absolute atomic E-state index is 0.258. The summed E-state index contributed by atoms with van der Waals surface area (Å²) < 4.78 is 86.9. The van der Waals surface area contributed by atoms with Crippen LogP contribution in [0.25, 0.3) is 0 Å². The first-order chi connectivity index (χ1) is 48.9. The second-order valence-electron chi connectivity index (χ2n) is 26.5. The standard InChI is InChI=1S/C57H98N4O43/c1-14(66)25(58-15(2)67)44-26(59-16(3)68)17(69)6-57(104-44,56(86)87)92-13-24-31(72)38(79)40(81)53(98-24)91-12-23-35(76)48(103-51-27(60(4)88)45(32(73)20(9-64)95-51)100-54-41(82)37(78)30(71)19(8-63)97-54)43(84)55(99-23)101-46-28(61(5)89)50(94-21(10-65)33(46)74)102-47-34(75)22(93-49(85)42(47)83)11-90-52-39(80)36(77)29(70)18(7-62)96-52/h14,17-55,62-66,69-85,88-89H,6-13H2,1-5H3,(H,58,67)(H,59,68)(H,86,87)/t14-,17-,18+,19+,20+,21+,22+,23+,24+,25-,26-,27+,28+,29+,30-,31+,32-,33-,34-,35-,36-,37-,38-,39+,40+,41+,42+,43+,44-,45+,46+,47-,48-,49+,50-,51-,52+,53+,54-,55-,57-/m0/s1. The third kappa shape index (κ3) is 18.7. The molecule has 0 unspecified atom stereocenters. The molecular formula is C57H98N4O43. The van der Waals surface area contributed by atoms with Crippen LogP contribution >= 0.6 is 0 Å². The van der Waals surface area contributed by atoms with E-state index in [0.717, 1.165) is 27.9 Å². The van der Waals surface area contributed by atoms with Crippen molar-refractivity contribution < 1.29 is 213 Å². The molecule has 0 radical (unpaired) electrons. The maximum atomic E-state index is 13.2. The first-order valence-electron chi connectivity index (χ1n) is 32.9. The van der Waals surface area contributed by atoms with Crippen LogP contribution in [0.2, 0.25) is 0 Å². The van der Waals surface area contributed by atoms with E-state index in [0.29, 0.717) is 0 Å². The van der Waals surface area contributed by atoms with E-state index in [-0.39, 0.29) is 10.1 Å². The third-order valence-electron chi connectivity index (χ3n) is 19.2. The molecule has 27 N–H and O–H groups in total. The summed E-state index contributed by atoms with van der Waals surface area (Å²) in [4.78, 5) is 37.8. The van der Waals surface area contributed by atoms with E-state index in [1.54, 1.807) is 0 Å². The fourth-order valence-electron chi connectivity index (χ4n) is 13.4. The molecule has 0 aromatic rings. The number of ether oxygens (including phenoxy) is 15. The number of amides is 2. The Hall–Kier alpha value is -3.23. The van der Waals surface area contributed by atoms with Crippen LogP contribution in [-0.2, 0) is 85.4 Å². The minimum atomic E-state index is -2.99. The number of hydrogen-bond acceptors (Lipinski definition) is 44. The maximum Gasteiger partial charge on any atom is 0.364 e. The number of carbonyl (C=O) groups is 3. The summed E-state index contributed by atoms with van der Waals surface area (Å²) in [5.74, 6) is -6.50.